The van der Waals surface area contributed by atoms with Gasteiger partial charge >= 0.3 is 5.97 Å². The topological polar surface area (TPSA) is 63.6 Å². The van der Waals surface area contributed by atoms with Crippen LogP contribution in [0.15, 0.2) is 24.3 Å². The summed E-state index contributed by atoms with van der Waals surface area (Å²) in [5.41, 5.74) is 0.928. The van der Waals surface area contributed by atoms with E-state index in [1.165, 1.54) is 6.92 Å². The Kier molecular flexibility index (Phi) is 5.89. The summed E-state index contributed by atoms with van der Waals surface area (Å²) in [6.07, 6.45) is 0. The van der Waals surface area contributed by atoms with Gasteiger partial charge in [0.1, 0.15) is 5.75 Å². The summed E-state index contributed by atoms with van der Waals surface area (Å²) in [4.78, 5) is 22.3. The molecule has 19 heavy (non-hydrogen) atoms. The average Bonchev–Trinajstić information content (AvgIpc) is 2.38. The monoisotopic (exact) mass is 282 g/mol. The zero-order chi connectivity index (χ0) is 14.4. The van der Waals surface area contributed by atoms with Crippen molar-refractivity contribution in [2.45, 2.75) is 19.8 Å². The van der Waals surface area contributed by atoms with Crippen molar-refractivity contribution in [3.8, 4) is 5.75 Å². The van der Waals surface area contributed by atoms with Crippen molar-refractivity contribution in [3.05, 3.63) is 29.8 Å². The van der Waals surface area contributed by atoms with Gasteiger partial charge in [-0.15, -0.1) is 0 Å². The minimum atomic E-state index is -0.878. The molecule has 0 aromatic heterocycles. The van der Waals surface area contributed by atoms with E-state index in [4.69, 9.17) is 4.74 Å². The van der Waals surface area contributed by atoms with Crippen LogP contribution in [0.4, 0.5) is 0 Å². The predicted octanol–water partition coefficient (Wildman–Crippen LogP) is 2.78. The van der Waals surface area contributed by atoms with Crippen LogP contribution in [0.25, 0.3) is 0 Å². The number of carbonyl (C=O) groups excluding carboxylic acids is 1. The highest BCUT2D eigenvalue weighted by molar-refractivity contribution is 8.13. The van der Waals surface area contributed by atoms with Gasteiger partial charge in [0.2, 0.25) is 0 Å². The lowest BCUT2D eigenvalue weighted by Gasteiger charge is -2.20. The minimum absolute atomic E-state index is 0.0619. The fourth-order valence-electron chi connectivity index (χ4n) is 1.78. The number of hydrogen-bond acceptors (Lipinski definition) is 4. The highest BCUT2D eigenvalue weighted by Gasteiger charge is 2.26. The van der Waals surface area contributed by atoms with Gasteiger partial charge in [-0.3, -0.25) is 9.59 Å². The Balaban J connectivity index is 2.82. The number of carbonyl (C=O) groups is 2. The second kappa shape index (κ2) is 7.19. The zero-order valence-corrected chi connectivity index (χ0v) is 12.1. The Morgan fingerprint density at radius 1 is 1.32 bits per heavy atom. The second-order valence-corrected chi connectivity index (χ2v) is 5.51. The van der Waals surface area contributed by atoms with Gasteiger partial charge in [0.05, 0.1) is 13.0 Å². The maximum absolute atomic E-state index is 11.3. The van der Waals surface area contributed by atoms with Gasteiger partial charge in [-0.05, 0) is 23.6 Å². The van der Waals surface area contributed by atoms with Crippen LogP contribution in [-0.2, 0) is 9.59 Å². The van der Waals surface area contributed by atoms with Gasteiger partial charge in [-0.1, -0.05) is 30.8 Å². The summed E-state index contributed by atoms with van der Waals surface area (Å²) < 4.78 is 5.07. The third-order valence-corrected chi connectivity index (χ3v) is 3.96. The number of rotatable bonds is 6. The number of aliphatic carboxylic acids is 1. The third-order valence-electron chi connectivity index (χ3n) is 3.03. The van der Waals surface area contributed by atoms with Gasteiger partial charge in [0.25, 0.3) is 0 Å². The molecule has 2 atom stereocenters. The quantitative estimate of drug-likeness (QED) is 0.869. The summed E-state index contributed by atoms with van der Waals surface area (Å²) in [6.45, 7) is 3.31. The number of thioether (sulfide) groups is 1. The molecule has 1 rings (SSSR count). The molecular formula is C14H18O4S. The molecule has 0 saturated heterocycles. The summed E-state index contributed by atoms with van der Waals surface area (Å²) in [5, 5.41) is 9.21. The maximum atomic E-state index is 11.3. The van der Waals surface area contributed by atoms with Gasteiger partial charge < -0.3 is 9.84 Å². The first kappa shape index (κ1) is 15.6. The molecule has 1 aromatic carbocycles. The standard InChI is InChI=1S/C14H18O4S/c1-9(11-4-6-12(18-3)7-5-11)13(14(16)17)8-19-10(2)15/h4-7,9,13H,8H2,1-3H3,(H,16,17). The van der Waals surface area contributed by atoms with Crippen LogP contribution in [0, 0.1) is 5.92 Å². The minimum Gasteiger partial charge on any atom is -0.497 e. The van der Waals surface area contributed by atoms with E-state index in [1.807, 2.05) is 31.2 Å². The summed E-state index contributed by atoms with van der Waals surface area (Å²) >= 11 is 1.05. The number of carboxylic acids is 1. The van der Waals surface area contributed by atoms with Crippen LogP contribution >= 0.6 is 11.8 Å². The van der Waals surface area contributed by atoms with E-state index < -0.39 is 11.9 Å². The molecule has 0 bridgehead atoms. The van der Waals surface area contributed by atoms with Crippen molar-refractivity contribution in [2.75, 3.05) is 12.9 Å². The molecule has 5 heteroatoms. The lowest BCUT2D eigenvalue weighted by Crippen LogP contribution is -2.23. The van der Waals surface area contributed by atoms with E-state index in [9.17, 15) is 14.7 Å². The first-order valence-corrected chi connectivity index (χ1v) is 6.94. The molecule has 0 radical (unpaired) electrons. The van der Waals surface area contributed by atoms with Crippen LogP contribution in [0.5, 0.6) is 5.75 Å². The highest BCUT2D eigenvalue weighted by atomic mass is 32.2. The van der Waals surface area contributed by atoms with Gasteiger partial charge in [-0.2, -0.15) is 0 Å². The van der Waals surface area contributed by atoms with Gasteiger partial charge in [0, 0.05) is 12.7 Å². The maximum Gasteiger partial charge on any atom is 0.307 e. The van der Waals surface area contributed by atoms with Crippen LogP contribution in [-0.4, -0.2) is 29.1 Å². The molecule has 104 valence electrons. The Morgan fingerprint density at radius 2 is 1.89 bits per heavy atom. The van der Waals surface area contributed by atoms with Crippen molar-refractivity contribution >= 4 is 22.8 Å². The Labute approximate surface area is 117 Å². The number of methoxy groups -OCH3 is 1. The van der Waals surface area contributed by atoms with Crippen LogP contribution in [0.3, 0.4) is 0 Å². The highest BCUT2D eigenvalue weighted by Crippen LogP contribution is 2.29. The first-order chi connectivity index (χ1) is 8.95. The SMILES string of the molecule is COc1ccc(C(C)C(CSC(C)=O)C(=O)O)cc1. The van der Waals surface area contributed by atoms with E-state index in [1.54, 1.807) is 7.11 Å². The third kappa shape index (κ3) is 4.59. The fraction of sp³-hybridized carbons (Fsp3) is 0.429. The van der Waals surface area contributed by atoms with Crippen molar-refractivity contribution in [2.24, 2.45) is 5.92 Å². The molecule has 0 aliphatic rings. The smallest absolute Gasteiger partial charge is 0.307 e. The van der Waals surface area contributed by atoms with Gasteiger partial charge in [-0.25, -0.2) is 0 Å². The normalized spacial score (nSPS) is 13.6. The van der Waals surface area contributed by atoms with Crippen molar-refractivity contribution in [3.63, 3.8) is 0 Å². The van der Waals surface area contributed by atoms with E-state index in [0.29, 0.717) is 0 Å². The Morgan fingerprint density at radius 3 is 2.32 bits per heavy atom. The summed E-state index contributed by atoms with van der Waals surface area (Å²) in [5.74, 6) is -0.590. The largest absolute Gasteiger partial charge is 0.497 e. The molecule has 0 saturated carbocycles. The lowest BCUT2D eigenvalue weighted by molar-refractivity contribution is -0.141. The summed E-state index contributed by atoms with van der Waals surface area (Å²) in [7, 11) is 1.59. The van der Waals surface area contributed by atoms with Gasteiger partial charge in [0.15, 0.2) is 5.12 Å². The molecule has 1 N–H and O–H groups in total. The van der Waals surface area contributed by atoms with Crippen molar-refractivity contribution in [1.82, 2.24) is 0 Å². The van der Waals surface area contributed by atoms with Crippen molar-refractivity contribution in [1.29, 1.82) is 0 Å². The Hall–Kier alpha value is -1.49. The fourth-order valence-corrected chi connectivity index (χ4v) is 2.62. The summed E-state index contributed by atoms with van der Waals surface area (Å²) in [6, 6.07) is 7.33. The molecule has 0 aliphatic carbocycles. The van der Waals surface area contributed by atoms with E-state index in [2.05, 4.69) is 0 Å². The molecular weight excluding hydrogens is 264 g/mol. The molecule has 1 aromatic rings. The van der Waals surface area contributed by atoms with Crippen LogP contribution in [0.2, 0.25) is 0 Å². The van der Waals surface area contributed by atoms with Crippen LogP contribution < -0.4 is 4.74 Å². The molecule has 2 unspecified atom stereocenters. The molecule has 0 fully saturated rings. The van der Waals surface area contributed by atoms with E-state index >= 15 is 0 Å². The molecule has 4 nitrogen and oxygen atoms in total. The van der Waals surface area contributed by atoms with Crippen LogP contribution in [0.1, 0.15) is 25.3 Å². The molecule has 0 spiro atoms. The average molecular weight is 282 g/mol. The number of carboxylic acid groups (broad SMARTS) is 1. The molecule has 0 heterocycles. The number of benzene rings is 1. The Bertz CT molecular complexity index is 441. The second-order valence-electron chi connectivity index (χ2n) is 4.31. The predicted molar refractivity (Wildman–Crippen MR) is 75.7 cm³/mol. The van der Waals surface area contributed by atoms with E-state index in [0.717, 1.165) is 23.1 Å². The van der Waals surface area contributed by atoms with E-state index in [-0.39, 0.29) is 16.8 Å². The van der Waals surface area contributed by atoms with Crippen molar-refractivity contribution < 1.29 is 19.4 Å². The molecule has 0 aliphatic heterocycles. The first-order valence-electron chi connectivity index (χ1n) is 5.95. The molecule has 0 amide bonds. The number of hydrogen-bond donors (Lipinski definition) is 1. The zero-order valence-electron chi connectivity index (χ0n) is 11.3. The lowest BCUT2D eigenvalue weighted by atomic mass is 9.89. The number of ether oxygens (including phenoxy) is 1.